The van der Waals surface area contributed by atoms with Crippen molar-refractivity contribution < 1.29 is 20.1 Å². The van der Waals surface area contributed by atoms with E-state index in [0.29, 0.717) is 0 Å². The molecule has 1 aromatic rings. The van der Waals surface area contributed by atoms with Crippen molar-refractivity contribution in [1.29, 1.82) is 0 Å². The molecule has 14 heavy (non-hydrogen) atoms. The van der Waals surface area contributed by atoms with Crippen LogP contribution in [0.25, 0.3) is 0 Å². The fourth-order valence-corrected chi connectivity index (χ4v) is 1.17. The summed E-state index contributed by atoms with van der Waals surface area (Å²) in [6.45, 7) is 1.35. The van der Waals surface area contributed by atoms with Gasteiger partial charge in [0.05, 0.1) is 11.3 Å². The second-order valence-electron chi connectivity index (χ2n) is 2.83. The lowest BCUT2D eigenvalue weighted by Crippen LogP contribution is -2.07. The number of carboxylic acid groups (broad SMARTS) is 1. The molecule has 0 heterocycles. The van der Waals surface area contributed by atoms with Gasteiger partial charge in [0, 0.05) is 5.56 Å². The first kappa shape index (κ1) is 9.97. The molecule has 1 aromatic carbocycles. The van der Waals surface area contributed by atoms with Crippen molar-refractivity contribution in [3.05, 3.63) is 11.1 Å². The van der Waals surface area contributed by atoms with Gasteiger partial charge in [0.25, 0.3) is 0 Å². The first-order valence-corrected chi connectivity index (χ1v) is 3.70. The summed E-state index contributed by atoms with van der Waals surface area (Å²) in [6.07, 6.45) is 0. The Hall–Kier alpha value is -2.11. The maximum atomic E-state index is 10.7. The number of hydrogen-bond donors (Lipinski definition) is 5. The number of anilines is 2. The molecule has 0 aromatic heterocycles. The van der Waals surface area contributed by atoms with Gasteiger partial charge in [-0.3, -0.25) is 0 Å². The zero-order chi connectivity index (χ0) is 11.0. The lowest BCUT2D eigenvalue weighted by molar-refractivity contribution is 0.0696. The standard InChI is InChI=1S/C8H10N2O4/c1-2-3(8(13)14)4(9)7(12)5(10)6(2)11/h11-12H,9-10H2,1H3,(H,13,14). The summed E-state index contributed by atoms with van der Waals surface area (Å²) in [6, 6.07) is 0. The third kappa shape index (κ3) is 1.17. The number of hydrogen-bond acceptors (Lipinski definition) is 5. The van der Waals surface area contributed by atoms with E-state index in [0.717, 1.165) is 0 Å². The van der Waals surface area contributed by atoms with Crippen LogP contribution in [0.3, 0.4) is 0 Å². The Kier molecular flexibility index (Phi) is 2.13. The van der Waals surface area contributed by atoms with Crippen LogP contribution < -0.4 is 11.5 Å². The maximum absolute atomic E-state index is 10.7. The molecule has 0 unspecified atom stereocenters. The quantitative estimate of drug-likeness (QED) is 0.250. The highest BCUT2D eigenvalue weighted by molar-refractivity contribution is 6.00. The molecule has 1 rings (SSSR count). The van der Waals surface area contributed by atoms with Gasteiger partial charge < -0.3 is 26.8 Å². The van der Waals surface area contributed by atoms with Crippen LogP contribution in [0.15, 0.2) is 0 Å². The van der Waals surface area contributed by atoms with Crippen molar-refractivity contribution in [1.82, 2.24) is 0 Å². The summed E-state index contributed by atoms with van der Waals surface area (Å²) in [7, 11) is 0. The summed E-state index contributed by atoms with van der Waals surface area (Å²) < 4.78 is 0. The number of rotatable bonds is 1. The largest absolute Gasteiger partial charge is 0.505 e. The smallest absolute Gasteiger partial charge is 0.338 e. The second-order valence-corrected chi connectivity index (χ2v) is 2.83. The fraction of sp³-hybridized carbons (Fsp3) is 0.125. The molecule has 6 nitrogen and oxygen atoms in total. The molecule has 0 aliphatic carbocycles. The van der Waals surface area contributed by atoms with Crippen LogP contribution in [0.1, 0.15) is 15.9 Å². The molecule has 0 saturated heterocycles. The zero-order valence-electron chi connectivity index (χ0n) is 7.40. The molecule has 0 amide bonds. The summed E-state index contributed by atoms with van der Waals surface area (Å²) in [5, 5.41) is 27.3. The normalized spacial score (nSPS) is 10.1. The van der Waals surface area contributed by atoms with Crippen LogP contribution in [-0.4, -0.2) is 21.3 Å². The van der Waals surface area contributed by atoms with Crippen molar-refractivity contribution >= 4 is 17.3 Å². The Morgan fingerprint density at radius 1 is 1.14 bits per heavy atom. The summed E-state index contributed by atoms with van der Waals surface area (Å²) in [4.78, 5) is 10.7. The van der Waals surface area contributed by atoms with Crippen LogP contribution in [0.4, 0.5) is 11.4 Å². The number of phenols is 2. The molecule has 0 radical (unpaired) electrons. The average molecular weight is 198 g/mol. The molecular formula is C8H10N2O4. The molecule has 0 saturated carbocycles. The molecule has 0 bridgehead atoms. The molecule has 0 aliphatic heterocycles. The number of aromatic carboxylic acids is 1. The first-order valence-electron chi connectivity index (χ1n) is 3.70. The van der Waals surface area contributed by atoms with Gasteiger partial charge in [0.2, 0.25) is 0 Å². The van der Waals surface area contributed by atoms with E-state index in [1.165, 1.54) is 6.92 Å². The maximum Gasteiger partial charge on any atom is 0.338 e. The predicted octanol–water partition coefficient (Wildman–Crippen LogP) is 0.269. The van der Waals surface area contributed by atoms with Crippen LogP contribution >= 0.6 is 0 Å². The molecule has 76 valence electrons. The molecule has 0 fully saturated rings. The van der Waals surface area contributed by atoms with Gasteiger partial charge in [-0.1, -0.05) is 0 Å². The van der Waals surface area contributed by atoms with Crippen LogP contribution in [0.5, 0.6) is 11.5 Å². The predicted molar refractivity (Wildman–Crippen MR) is 50.3 cm³/mol. The highest BCUT2D eigenvalue weighted by atomic mass is 16.4. The first-order chi connectivity index (χ1) is 6.37. The van der Waals surface area contributed by atoms with Crippen molar-refractivity contribution in [2.24, 2.45) is 0 Å². The van der Waals surface area contributed by atoms with Gasteiger partial charge in [0.15, 0.2) is 5.75 Å². The molecule has 7 N–H and O–H groups in total. The Balaban J connectivity index is 3.68. The van der Waals surface area contributed by atoms with Gasteiger partial charge in [-0.2, -0.15) is 0 Å². The molecule has 0 atom stereocenters. The minimum Gasteiger partial charge on any atom is -0.505 e. The number of nitrogens with two attached hydrogens (primary N) is 2. The van der Waals surface area contributed by atoms with Crippen molar-refractivity contribution in [2.75, 3.05) is 11.5 Å². The van der Waals surface area contributed by atoms with Crippen LogP contribution in [0, 0.1) is 6.92 Å². The Labute approximate surface area is 79.4 Å². The van der Waals surface area contributed by atoms with E-state index in [-0.39, 0.29) is 22.5 Å². The Bertz CT molecular complexity index is 385. The van der Waals surface area contributed by atoms with Crippen LogP contribution in [0.2, 0.25) is 0 Å². The van der Waals surface area contributed by atoms with E-state index in [1.807, 2.05) is 0 Å². The highest BCUT2D eigenvalue weighted by Crippen LogP contribution is 2.41. The van der Waals surface area contributed by atoms with Gasteiger partial charge >= 0.3 is 5.97 Å². The van der Waals surface area contributed by atoms with E-state index in [9.17, 15) is 15.0 Å². The summed E-state index contributed by atoms with van der Waals surface area (Å²) in [5.41, 5.74) is 9.65. The number of benzene rings is 1. The van der Waals surface area contributed by atoms with Gasteiger partial charge in [0.1, 0.15) is 11.4 Å². The molecular weight excluding hydrogens is 188 g/mol. The Morgan fingerprint density at radius 2 is 1.64 bits per heavy atom. The molecule has 0 spiro atoms. The lowest BCUT2D eigenvalue weighted by Gasteiger charge is -2.11. The number of carbonyl (C=O) groups is 1. The van der Waals surface area contributed by atoms with E-state index in [2.05, 4.69) is 0 Å². The monoisotopic (exact) mass is 198 g/mol. The summed E-state index contributed by atoms with van der Waals surface area (Å²) >= 11 is 0. The molecule has 0 aliphatic rings. The number of phenolic OH excluding ortho intramolecular Hbond substituents is 2. The van der Waals surface area contributed by atoms with Gasteiger partial charge in [-0.15, -0.1) is 0 Å². The van der Waals surface area contributed by atoms with E-state index < -0.39 is 17.5 Å². The minimum absolute atomic E-state index is 0.0327. The van der Waals surface area contributed by atoms with E-state index in [4.69, 9.17) is 16.6 Å². The van der Waals surface area contributed by atoms with Gasteiger partial charge in [-0.05, 0) is 6.92 Å². The minimum atomic E-state index is -1.33. The highest BCUT2D eigenvalue weighted by Gasteiger charge is 2.21. The average Bonchev–Trinajstić information content (AvgIpc) is 2.11. The van der Waals surface area contributed by atoms with Crippen molar-refractivity contribution in [3.8, 4) is 11.5 Å². The lowest BCUT2D eigenvalue weighted by atomic mass is 10.0. The van der Waals surface area contributed by atoms with Gasteiger partial charge in [-0.25, -0.2) is 4.79 Å². The Morgan fingerprint density at radius 3 is 2.07 bits per heavy atom. The van der Waals surface area contributed by atoms with E-state index in [1.54, 1.807) is 0 Å². The third-order valence-corrected chi connectivity index (χ3v) is 1.98. The molecule has 6 heteroatoms. The zero-order valence-corrected chi connectivity index (χ0v) is 7.40. The third-order valence-electron chi connectivity index (χ3n) is 1.98. The fourth-order valence-electron chi connectivity index (χ4n) is 1.17. The number of aromatic hydroxyl groups is 2. The summed E-state index contributed by atoms with van der Waals surface area (Å²) in [5.74, 6) is -2.40. The van der Waals surface area contributed by atoms with Crippen molar-refractivity contribution in [2.45, 2.75) is 6.92 Å². The topological polar surface area (TPSA) is 130 Å². The second kappa shape index (κ2) is 2.99. The number of nitrogen functional groups attached to an aromatic ring is 2. The van der Waals surface area contributed by atoms with E-state index >= 15 is 0 Å². The SMILES string of the molecule is Cc1c(O)c(N)c(O)c(N)c1C(=O)O. The van der Waals surface area contributed by atoms with Crippen molar-refractivity contribution in [3.63, 3.8) is 0 Å². The van der Waals surface area contributed by atoms with Crippen LogP contribution in [-0.2, 0) is 0 Å². The number of carboxylic acids is 1.